The molecule has 4 aromatic rings. The van der Waals surface area contributed by atoms with Crippen LogP contribution >= 0.6 is 0 Å². The summed E-state index contributed by atoms with van der Waals surface area (Å²) in [6.45, 7) is 2.84. The number of hydrogen-bond acceptors (Lipinski definition) is 2. The molecule has 0 saturated carbocycles. The monoisotopic (exact) mass is 394 g/mol. The fourth-order valence-corrected chi connectivity index (χ4v) is 4.07. The predicted molar refractivity (Wildman–Crippen MR) is 120 cm³/mol. The van der Waals surface area contributed by atoms with E-state index < -0.39 is 5.91 Å². The van der Waals surface area contributed by atoms with Gasteiger partial charge in [-0.1, -0.05) is 44.0 Å². The number of primary amides is 1. The third-order valence-corrected chi connectivity index (χ3v) is 5.61. The van der Waals surface area contributed by atoms with E-state index in [-0.39, 0.29) is 0 Å². The van der Waals surface area contributed by atoms with Crippen molar-refractivity contribution in [1.82, 2.24) is 4.57 Å². The van der Waals surface area contributed by atoms with Crippen LogP contribution in [0.3, 0.4) is 0 Å². The van der Waals surface area contributed by atoms with Crippen molar-refractivity contribution in [3.05, 3.63) is 82.9 Å². The van der Waals surface area contributed by atoms with Gasteiger partial charge in [-0.15, -0.1) is 0 Å². The summed E-state index contributed by atoms with van der Waals surface area (Å²) in [5.41, 5.74) is 11.2. The van der Waals surface area contributed by atoms with Gasteiger partial charge in [0.25, 0.3) is 0 Å². The lowest BCUT2D eigenvalue weighted by Crippen LogP contribution is -2.11. The fourth-order valence-electron chi connectivity index (χ4n) is 4.07. The number of amides is 1. The number of rotatable bonds is 7. The Bertz CT molecular complexity index is 1260. The Morgan fingerprint density at radius 3 is 2.60 bits per heavy atom. The molecule has 2 N–H and O–H groups in total. The lowest BCUT2D eigenvalue weighted by atomic mass is 10.0. The Kier molecular flexibility index (Phi) is 5.54. The molecule has 0 aliphatic heterocycles. The van der Waals surface area contributed by atoms with Crippen LogP contribution in [0.5, 0.6) is 0 Å². The minimum atomic E-state index is -0.432. The van der Waals surface area contributed by atoms with Gasteiger partial charge < -0.3 is 10.3 Å². The van der Waals surface area contributed by atoms with Crippen LogP contribution in [-0.2, 0) is 13.0 Å². The molecule has 0 unspecified atom stereocenters. The fraction of sp³-hybridized carbons (Fsp3) is 0.231. The quantitative estimate of drug-likeness (QED) is 0.429. The minimum absolute atomic E-state index is 0.432. The molecular weight excluding hydrogens is 370 g/mol. The molecule has 0 bridgehead atoms. The second-order valence-corrected chi connectivity index (χ2v) is 7.68. The van der Waals surface area contributed by atoms with E-state index in [1.165, 1.54) is 18.4 Å². The summed E-state index contributed by atoms with van der Waals surface area (Å²) in [5.74, 6) is -0.432. The van der Waals surface area contributed by atoms with Crippen molar-refractivity contribution in [1.29, 1.82) is 5.26 Å². The first-order valence-corrected chi connectivity index (χ1v) is 10.4. The molecule has 1 amide bonds. The van der Waals surface area contributed by atoms with Gasteiger partial charge in [0.15, 0.2) is 0 Å². The Morgan fingerprint density at radius 2 is 1.90 bits per heavy atom. The van der Waals surface area contributed by atoms with Crippen molar-refractivity contribution < 1.29 is 4.79 Å². The average Bonchev–Trinajstić information content (AvgIpc) is 3.07. The molecule has 0 atom stereocenters. The number of nitriles is 1. The van der Waals surface area contributed by atoms with Crippen LogP contribution < -0.4 is 5.73 Å². The highest BCUT2D eigenvalue weighted by molar-refractivity contribution is 6.17. The molecule has 0 saturated heterocycles. The van der Waals surface area contributed by atoms with Crippen LogP contribution in [0.15, 0.2) is 54.6 Å². The van der Waals surface area contributed by atoms with Gasteiger partial charge in [-0.2, -0.15) is 5.26 Å². The van der Waals surface area contributed by atoms with E-state index in [4.69, 9.17) is 11.0 Å². The zero-order chi connectivity index (χ0) is 21.1. The molecule has 0 fully saturated rings. The number of hydrogen-bond donors (Lipinski definition) is 1. The van der Waals surface area contributed by atoms with Gasteiger partial charge in [0.05, 0.1) is 22.7 Å². The maximum absolute atomic E-state index is 12.1. The van der Waals surface area contributed by atoms with Gasteiger partial charge >= 0.3 is 0 Å². The third kappa shape index (κ3) is 3.67. The van der Waals surface area contributed by atoms with E-state index in [1.807, 2.05) is 42.5 Å². The molecule has 0 aliphatic rings. The zero-order valence-electron chi connectivity index (χ0n) is 17.1. The largest absolute Gasteiger partial charge is 0.366 e. The van der Waals surface area contributed by atoms with Crippen molar-refractivity contribution in [3.8, 4) is 6.07 Å². The molecular formula is C26H24N3O. The number of carbonyl (C=O) groups is 1. The molecule has 4 heteroatoms. The van der Waals surface area contributed by atoms with E-state index in [0.29, 0.717) is 17.7 Å². The van der Waals surface area contributed by atoms with Crippen LogP contribution in [0.25, 0.3) is 21.8 Å². The first kappa shape index (κ1) is 19.7. The first-order chi connectivity index (χ1) is 14.6. The van der Waals surface area contributed by atoms with Crippen LogP contribution in [0.4, 0.5) is 0 Å². The molecule has 149 valence electrons. The molecule has 4 nitrogen and oxygen atoms in total. The molecule has 0 spiro atoms. The molecule has 1 heterocycles. The summed E-state index contributed by atoms with van der Waals surface area (Å²) in [7, 11) is 0. The Morgan fingerprint density at radius 1 is 1.10 bits per heavy atom. The average molecular weight is 394 g/mol. The Hall–Kier alpha value is -3.58. The molecule has 3 aromatic carbocycles. The topological polar surface area (TPSA) is 71.8 Å². The number of nitrogens with two attached hydrogens (primary N) is 1. The van der Waals surface area contributed by atoms with Crippen molar-refractivity contribution in [2.24, 2.45) is 5.73 Å². The number of unbranched alkanes of at least 4 members (excludes halogenated alkanes) is 2. The lowest BCUT2D eigenvalue weighted by molar-refractivity contribution is 0.100. The smallest absolute Gasteiger partial charge is 0.249 e. The van der Waals surface area contributed by atoms with E-state index in [1.54, 1.807) is 6.07 Å². The zero-order valence-corrected chi connectivity index (χ0v) is 17.1. The van der Waals surface area contributed by atoms with Gasteiger partial charge in [-0.25, -0.2) is 0 Å². The highest BCUT2D eigenvalue weighted by Crippen LogP contribution is 2.33. The van der Waals surface area contributed by atoms with E-state index in [2.05, 4.69) is 29.7 Å². The minimum Gasteiger partial charge on any atom is -0.366 e. The van der Waals surface area contributed by atoms with Gasteiger partial charge in [0, 0.05) is 22.9 Å². The van der Waals surface area contributed by atoms with E-state index in [0.717, 1.165) is 40.2 Å². The number of nitrogens with zero attached hydrogens (tertiary/aromatic N) is 2. The molecule has 1 radical (unpaired) electrons. The van der Waals surface area contributed by atoms with Crippen molar-refractivity contribution >= 4 is 27.7 Å². The van der Waals surface area contributed by atoms with Crippen LogP contribution in [0.1, 0.15) is 53.2 Å². The second kappa shape index (κ2) is 8.42. The Labute approximate surface area is 176 Å². The molecule has 0 aliphatic carbocycles. The Balaban J connectivity index is 1.89. The summed E-state index contributed by atoms with van der Waals surface area (Å²) in [5, 5.41) is 10.8. The van der Waals surface area contributed by atoms with Crippen LogP contribution in [-0.4, -0.2) is 10.5 Å². The molecule has 4 rings (SSSR count). The summed E-state index contributed by atoms with van der Waals surface area (Å²) in [6, 6.07) is 23.2. The molecule has 1 aromatic heterocycles. The summed E-state index contributed by atoms with van der Waals surface area (Å²) in [6.07, 6.45) is 4.56. The maximum atomic E-state index is 12.1. The lowest BCUT2D eigenvalue weighted by Gasteiger charge is -2.09. The van der Waals surface area contributed by atoms with Gasteiger partial charge in [0.1, 0.15) is 0 Å². The van der Waals surface area contributed by atoms with E-state index >= 15 is 0 Å². The SMILES string of the molecule is CCCCCc1c[c]c2c3c(C(N)=O)cccc3n(Cc3ccc(C#N)cc3)c2c1. The summed E-state index contributed by atoms with van der Waals surface area (Å²) in [4.78, 5) is 12.1. The van der Waals surface area contributed by atoms with Crippen molar-refractivity contribution in [3.63, 3.8) is 0 Å². The van der Waals surface area contributed by atoms with Gasteiger partial charge in [0.2, 0.25) is 5.91 Å². The number of fused-ring (bicyclic) bond motifs is 3. The summed E-state index contributed by atoms with van der Waals surface area (Å²) >= 11 is 0. The maximum Gasteiger partial charge on any atom is 0.249 e. The summed E-state index contributed by atoms with van der Waals surface area (Å²) < 4.78 is 2.22. The van der Waals surface area contributed by atoms with Crippen LogP contribution in [0.2, 0.25) is 0 Å². The van der Waals surface area contributed by atoms with Crippen molar-refractivity contribution in [2.75, 3.05) is 0 Å². The highest BCUT2D eigenvalue weighted by Gasteiger charge is 2.17. The van der Waals surface area contributed by atoms with Gasteiger partial charge in [-0.3, -0.25) is 4.79 Å². The normalized spacial score (nSPS) is 11.1. The third-order valence-electron chi connectivity index (χ3n) is 5.61. The van der Waals surface area contributed by atoms with Crippen molar-refractivity contribution in [2.45, 2.75) is 39.2 Å². The van der Waals surface area contributed by atoms with E-state index in [9.17, 15) is 4.79 Å². The predicted octanol–water partition coefficient (Wildman–Crippen LogP) is 5.35. The number of benzene rings is 3. The highest BCUT2D eigenvalue weighted by atomic mass is 16.1. The second-order valence-electron chi connectivity index (χ2n) is 7.68. The number of aryl methyl sites for hydroxylation is 1. The van der Waals surface area contributed by atoms with Gasteiger partial charge in [-0.05, 0) is 60.4 Å². The number of aromatic nitrogens is 1. The van der Waals surface area contributed by atoms with Crippen LogP contribution in [0, 0.1) is 17.4 Å². The molecule has 30 heavy (non-hydrogen) atoms. The first-order valence-electron chi connectivity index (χ1n) is 10.4. The standard InChI is InChI=1S/C26H24N3O/c1-2-3-4-6-18-13-14-21-24(15-18)29(17-20-11-9-19(16-27)10-12-20)23-8-5-7-22(25(21)23)26(28)30/h5,7-13,15H,2-4,6,17H2,1H3,(H2,28,30). The number of carbonyl (C=O) groups excluding carboxylic acids is 1.